The lowest BCUT2D eigenvalue weighted by Crippen LogP contribution is -2.39. The van der Waals surface area contributed by atoms with Crippen LogP contribution in [0.3, 0.4) is 0 Å². The van der Waals surface area contributed by atoms with Crippen molar-refractivity contribution in [2.75, 3.05) is 13.2 Å². The molecule has 1 aliphatic heterocycles. The fourth-order valence-corrected chi connectivity index (χ4v) is 5.59. The molecule has 2 aliphatic rings. The van der Waals surface area contributed by atoms with Crippen LogP contribution in [0.2, 0.25) is 0 Å². The van der Waals surface area contributed by atoms with Gasteiger partial charge in [-0.3, -0.25) is 4.79 Å². The van der Waals surface area contributed by atoms with Gasteiger partial charge in [0.15, 0.2) is 5.43 Å². The Morgan fingerprint density at radius 2 is 1.94 bits per heavy atom. The van der Waals surface area contributed by atoms with E-state index in [-0.39, 0.29) is 35.0 Å². The first-order valence-electron chi connectivity index (χ1n) is 12.4. The number of rotatable bonds is 5. The maximum atomic E-state index is 13.9. The first-order chi connectivity index (χ1) is 16.5. The Morgan fingerprint density at radius 1 is 1.20 bits per heavy atom. The molecule has 7 heteroatoms. The number of aromatic nitrogens is 2. The molecule has 0 radical (unpaired) electrons. The second-order valence-corrected chi connectivity index (χ2v) is 11.3. The molecule has 1 unspecified atom stereocenters. The van der Waals surface area contributed by atoms with Gasteiger partial charge in [-0.15, -0.1) is 0 Å². The maximum absolute atomic E-state index is 13.9. The van der Waals surface area contributed by atoms with Crippen LogP contribution >= 0.6 is 0 Å². The van der Waals surface area contributed by atoms with Crippen molar-refractivity contribution in [3.8, 4) is 17.1 Å². The molecule has 5 rings (SSSR count). The molecule has 0 saturated heterocycles. The number of carbonyl (C=O) groups is 1. The SMILES string of the molecule is CCOC(=O)c1cn2c(cc1=O)-c1cc3c(OCC4CC(C)(F)C4)cccc3n1CC2C(C)(C)C. The van der Waals surface area contributed by atoms with E-state index in [1.54, 1.807) is 26.1 Å². The van der Waals surface area contributed by atoms with Crippen molar-refractivity contribution in [2.45, 2.75) is 65.7 Å². The van der Waals surface area contributed by atoms with Gasteiger partial charge in [-0.2, -0.15) is 0 Å². The molecule has 0 N–H and O–H groups in total. The van der Waals surface area contributed by atoms with Crippen LogP contribution in [0.5, 0.6) is 5.75 Å². The molecular weight excluding hydrogens is 447 g/mol. The monoisotopic (exact) mass is 480 g/mol. The minimum absolute atomic E-state index is 0.0103. The second kappa shape index (κ2) is 8.25. The van der Waals surface area contributed by atoms with E-state index in [4.69, 9.17) is 9.47 Å². The lowest BCUT2D eigenvalue weighted by molar-refractivity contribution is 0.00270. The highest BCUT2D eigenvalue weighted by molar-refractivity contribution is 5.93. The van der Waals surface area contributed by atoms with Crippen molar-refractivity contribution in [1.82, 2.24) is 9.13 Å². The van der Waals surface area contributed by atoms with Crippen molar-refractivity contribution in [2.24, 2.45) is 11.3 Å². The normalized spacial score (nSPS) is 23.4. The Morgan fingerprint density at radius 3 is 2.60 bits per heavy atom. The fraction of sp³-hybridized carbons (Fsp3) is 0.500. The Bertz CT molecular complexity index is 1350. The fourth-order valence-electron chi connectivity index (χ4n) is 5.59. The minimum atomic E-state index is -1.07. The average Bonchev–Trinajstić information content (AvgIpc) is 3.14. The van der Waals surface area contributed by atoms with Crippen molar-refractivity contribution in [3.63, 3.8) is 0 Å². The number of alkyl halides is 1. The molecule has 1 aliphatic carbocycles. The van der Waals surface area contributed by atoms with Crippen molar-refractivity contribution >= 4 is 16.9 Å². The molecule has 0 spiro atoms. The standard InChI is InChI=1S/C28H33FN2O4/c1-6-34-26(33)19-14-31-22(11-23(19)32)21-10-18-20(30(21)15-25(31)27(2,3)4)8-7-9-24(18)35-16-17-12-28(5,29)13-17/h7-11,14,17,25H,6,12-13,15-16H2,1-5H3. The molecule has 3 aromatic rings. The highest BCUT2D eigenvalue weighted by Crippen LogP contribution is 2.44. The molecule has 1 fully saturated rings. The van der Waals surface area contributed by atoms with Crippen LogP contribution in [0.4, 0.5) is 4.39 Å². The zero-order valence-corrected chi connectivity index (χ0v) is 21.1. The summed E-state index contributed by atoms with van der Waals surface area (Å²) in [5.74, 6) is 0.396. The third-order valence-corrected chi connectivity index (χ3v) is 7.34. The van der Waals surface area contributed by atoms with E-state index in [1.807, 2.05) is 12.1 Å². The topological polar surface area (TPSA) is 62.5 Å². The highest BCUT2D eigenvalue weighted by atomic mass is 19.1. The van der Waals surface area contributed by atoms with E-state index in [0.29, 0.717) is 26.0 Å². The predicted molar refractivity (Wildman–Crippen MR) is 134 cm³/mol. The summed E-state index contributed by atoms with van der Waals surface area (Å²) in [4.78, 5) is 25.4. The third kappa shape index (κ3) is 4.15. The van der Waals surface area contributed by atoms with Crippen LogP contribution < -0.4 is 10.2 Å². The van der Waals surface area contributed by atoms with Crippen LogP contribution in [0.1, 0.15) is 63.9 Å². The Labute approximate surface area is 204 Å². The van der Waals surface area contributed by atoms with Crippen LogP contribution in [-0.2, 0) is 11.3 Å². The molecule has 186 valence electrons. The van der Waals surface area contributed by atoms with Crippen molar-refractivity contribution in [1.29, 1.82) is 0 Å². The molecular formula is C28H33FN2O4. The van der Waals surface area contributed by atoms with Gasteiger partial charge in [0.25, 0.3) is 0 Å². The molecule has 1 atom stereocenters. The van der Waals surface area contributed by atoms with Crippen LogP contribution in [0.25, 0.3) is 22.3 Å². The predicted octanol–water partition coefficient (Wildman–Crippen LogP) is 5.76. The largest absolute Gasteiger partial charge is 0.493 e. The first-order valence-corrected chi connectivity index (χ1v) is 12.4. The second-order valence-electron chi connectivity index (χ2n) is 11.3. The number of ether oxygens (including phenoxy) is 2. The van der Waals surface area contributed by atoms with Crippen molar-refractivity contribution < 1.29 is 18.7 Å². The number of hydrogen-bond acceptors (Lipinski definition) is 4. The number of pyridine rings is 1. The summed E-state index contributed by atoms with van der Waals surface area (Å²) in [6, 6.07) is 9.59. The zero-order chi connectivity index (χ0) is 25.1. The summed E-state index contributed by atoms with van der Waals surface area (Å²) in [6.07, 6.45) is 2.72. The van der Waals surface area contributed by atoms with E-state index >= 15 is 0 Å². The van der Waals surface area contributed by atoms with Gasteiger partial charge in [0.05, 0.1) is 36.2 Å². The van der Waals surface area contributed by atoms with E-state index in [2.05, 4.69) is 42.0 Å². The first kappa shape index (κ1) is 23.6. The number of nitrogens with zero attached hydrogens (tertiary/aromatic N) is 2. The number of halogens is 1. The molecule has 6 nitrogen and oxygen atoms in total. The van der Waals surface area contributed by atoms with E-state index < -0.39 is 11.6 Å². The highest BCUT2D eigenvalue weighted by Gasteiger charge is 2.41. The number of fused-ring (bicyclic) bond motifs is 5. The molecule has 3 heterocycles. The summed E-state index contributed by atoms with van der Waals surface area (Å²) in [7, 11) is 0. The van der Waals surface area contributed by atoms with Crippen LogP contribution in [0, 0.1) is 11.3 Å². The number of benzene rings is 1. The number of carbonyl (C=O) groups excluding carboxylic acids is 1. The minimum Gasteiger partial charge on any atom is -0.493 e. The van der Waals surface area contributed by atoms with Gasteiger partial charge in [-0.25, -0.2) is 9.18 Å². The molecule has 2 aromatic heterocycles. The van der Waals surface area contributed by atoms with Gasteiger partial charge in [0.1, 0.15) is 17.0 Å². The number of esters is 1. The van der Waals surface area contributed by atoms with Gasteiger partial charge in [-0.05, 0) is 56.2 Å². The summed E-state index contributed by atoms with van der Waals surface area (Å²) < 4.78 is 29.5. The summed E-state index contributed by atoms with van der Waals surface area (Å²) in [6.45, 7) is 11.2. The summed E-state index contributed by atoms with van der Waals surface area (Å²) in [5, 5.41) is 0.966. The van der Waals surface area contributed by atoms with E-state index in [0.717, 1.165) is 28.0 Å². The Hall–Kier alpha value is -3.09. The summed E-state index contributed by atoms with van der Waals surface area (Å²) in [5.41, 5.74) is 1.20. The lowest BCUT2D eigenvalue weighted by Gasteiger charge is -2.39. The molecule has 35 heavy (non-hydrogen) atoms. The third-order valence-electron chi connectivity index (χ3n) is 7.34. The van der Waals surface area contributed by atoms with Gasteiger partial charge >= 0.3 is 5.97 Å². The molecule has 1 saturated carbocycles. The molecule has 0 bridgehead atoms. The Kier molecular flexibility index (Phi) is 5.57. The number of hydrogen-bond donors (Lipinski definition) is 0. The summed E-state index contributed by atoms with van der Waals surface area (Å²) >= 11 is 0. The smallest absolute Gasteiger partial charge is 0.343 e. The maximum Gasteiger partial charge on any atom is 0.343 e. The molecule has 1 aromatic carbocycles. The van der Waals surface area contributed by atoms with Crippen LogP contribution in [-0.4, -0.2) is 34.0 Å². The van der Waals surface area contributed by atoms with E-state index in [1.165, 1.54) is 0 Å². The van der Waals surface area contributed by atoms with Crippen molar-refractivity contribution in [3.05, 3.63) is 52.3 Å². The van der Waals surface area contributed by atoms with Gasteiger partial charge in [-0.1, -0.05) is 26.8 Å². The molecule has 0 amide bonds. The van der Waals surface area contributed by atoms with Gasteiger partial charge in [0, 0.05) is 24.2 Å². The lowest BCUT2D eigenvalue weighted by atomic mass is 9.74. The quantitative estimate of drug-likeness (QED) is 0.435. The van der Waals surface area contributed by atoms with Gasteiger partial charge < -0.3 is 18.6 Å². The Balaban J connectivity index is 1.59. The van der Waals surface area contributed by atoms with Gasteiger partial charge in [0.2, 0.25) is 0 Å². The van der Waals surface area contributed by atoms with Crippen LogP contribution in [0.15, 0.2) is 41.3 Å². The van der Waals surface area contributed by atoms with E-state index in [9.17, 15) is 14.0 Å². The average molecular weight is 481 g/mol. The zero-order valence-electron chi connectivity index (χ0n) is 21.1.